The fraction of sp³-hybridized carbons (Fsp3) is 0.800. The van der Waals surface area contributed by atoms with Crippen LogP contribution < -0.4 is 5.73 Å². The van der Waals surface area contributed by atoms with Gasteiger partial charge in [0, 0.05) is 5.92 Å². The van der Waals surface area contributed by atoms with Gasteiger partial charge in [-0.25, -0.2) is 0 Å². The first-order chi connectivity index (χ1) is 3.18. The van der Waals surface area contributed by atoms with E-state index in [4.69, 9.17) is 11.1 Å². The fourth-order valence-corrected chi connectivity index (χ4v) is 0.220. The van der Waals surface area contributed by atoms with Crippen LogP contribution >= 0.6 is 12.4 Å². The predicted octanol–water partition coefficient (Wildman–Crippen LogP) is 1.39. The van der Waals surface area contributed by atoms with Crippen molar-refractivity contribution in [2.24, 2.45) is 11.7 Å². The lowest BCUT2D eigenvalue weighted by Gasteiger charge is -2.01. The van der Waals surface area contributed by atoms with Gasteiger partial charge in [-0.1, -0.05) is 13.8 Å². The third-order valence-electron chi connectivity index (χ3n) is 1.14. The van der Waals surface area contributed by atoms with Gasteiger partial charge in [-0.3, -0.25) is 5.41 Å². The first-order valence-corrected chi connectivity index (χ1v) is 2.52. The number of rotatable bonds is 2. The lowest BCUT2D eigenvalue weighted by Crippen LogP contribution is -2.18. The molecule has 0 aromatic heterocycles. The molecule has 3 heteroatoms. The van der Waals surface area contributed by atoms with Crippen molar-refractivity contribution in [3.05, 3.63) is 0 Å². The molecule has 0 aromatic rings. The van der Waals surface area contributed by atoms with Gasteiger partial charge >= 0.3 is 0 Å². The summed E-state index contributed by atoms with van der Waals surface area (Å²) >= 11 is 0. The molecule has 1 atom stereocenters. The zero-order valence-electron chi connectivity index (χ0n) is 5.27. The molecule has 0 heterocycles. The topological polar surface area (TPSA) is 49.9 Å². The Balaban J connectivity index is 0. The standard InChI is InChI=1S/C5H12N2.ClH/c1-3-4(2)5(6)7;/h4H,3H2,1-2H3,(H3,6,7);1H. The fourth-order valence-electron chi connectivity index (χ4n) is 0.220. The predicted molar refractivity (Wildman–Crippen MR) is 38.6 cm³/mol. The average Bonchev–Trinajstić information content (AvgIpc) is 1.65. The molecule has 50 valence electrons. The highest BCUT2D eigenvalue weighted by atomic mass is 35.5. The summed E-state index contributed by atoms with van der Waals surface area (Å²) in [7, 11) is 0. The second-order valence-corrected chi connectivity index (χ2v) is 1.76. The molecule has 0 amide bonds. The summed E-state index contributed by atoms with van der Waals surface area (Å²) in [6.07, 6.45) is 0.968. The second kappa shape index (κ2) is 4.91. The second-order valence-electron chi connectivity index (χ2n) is 1.76. The van der Waals surface area contributed by atoms with E-state index < -0.39 is 0 Å². The van der Waals surface area contributed by atoms with Crippen LogP contribution in [-0.2, 0) is 0 Å². The minimum Gasteiger partial charge on any atom is -0.387 e. The summed E-state index contributed by atoms with van der Waals surface area (Å²) in [4.78, 5) is 0. The Bertz CT molecular complexity index is 72.8. The number of hydrogen-bond donors (Lipinski definition) is 2. The van der Waals surface area contributed by atoms with E-state index >= 15 is 0 Å². The van der Waals surface area contributed by atoms with Crippen LogP contribution in [0.25, 0.3) is 0 Å². The van der Waals surface area contributed by atoms with Gasteiger partial charge in [-0.15, -0.1) is 12.4 Å². The summed E-state index contributed by atoms with van der Waals surface area (Å²) in [6, 6.07) is 0. The zero-order chi connectivity index (χ0) is 5.86. The molecule has 0 radical (unpaired) electrons. The van der Waals surface area contributed by atoms with Crippen molar-refractivity contribution >= 4 is 18.2 Å². The molecule has 0 aliphatic carbocycles. The number of nitrogens with one attached hydrogen (secondary N) is 1. The van der Waals surface area contributed by atoms with Crippen LogP contribution in [0.5, 0.6) is 0 Å². The highest BCUT2D eigenvalue weighted by molar-refractivity contribution is 5.85. The van der Waals surface area contributed by atoms with Gasteiger partial charge in [0.2, 0.25) is 0 Å². The number of amidine groups is 1. The highest BCUT2D eigenvalue weighted by Gasteiger charge is 1.97. The van der Waals surface area contributed by atoms with E-state index in [2.05, 4.69) is 0 Å². The SMILES string of the molecule is CCC(C)C(=N)N.Cl. The monoisotopic (exact) mass is 136 g/mol. The van der Waals surface area contributed by atoms with Crippen LogP contribution in [0.2, 0.25) is 0 Å². The summed E-state index contributed by atoms with van der Waals surface area (Å²) < 4.78 is 0. The van der Waals surface area contributed by atoms with Crippen molar-refractivity contribution < 1.29 is 0 Å². The van der Waals surface area contributed by atoms with E-state index in [0.717, 1.165) is 6.42 Å². The summed E-state index contributed by atoms with van der Waals surface area (Å²) in [5, 5.41) is 6.88. The largest absolute Gasteiger partial charge is 0.387 e. The minimum absolute atomic E-state index is 0. The molecule has 1 unspecified atom stereocenters. The molecule has 0 fully saturated rings. The highest BCUT2D eigenvalue weighted by Crippen LogP contribution is 1.96. The number of halogens is 1. The van der Waals surface area contributed by atoms with Crippen LogP contribution in [0.4, 0.5) is 0 Å². The Morgan fingerprint density at radius 1 is 1.75 bits per heavy atom. The molecule has 0 bridgehead atoms. The van der Waals surface area contributed by atoms with Gasteiger partial charge in [-0.05, 0) is 6.42 Å². The van der Waals surface area contributed by atoms with Crippen LogP contribution in [0.1, 0.15) is 20.3 Å². The smallest absolute Gasteiger partial charge is 0.0934 e. The molecule has 0 spiro atoms. The van der Waals surface area contributed by atoms with Crippen LogP contribution in [0.15, 0.2) is 0 Å². The van der Waals surface area contributed by atoms with E-state index in [9.17, 15) is 0 Å². The lowest BCUT2D eigenvalue weighted by molar-refractivity contribution is 0.728. The molecule has 0 aliphatic heterocycles. The third kappa shape index (κ3) is 3.93. The molecule has 0 aromatic carbocycles. The summed E-state index contributed by atoms with van der Waals surface area (Å²) in [6.45, 7) is 3.97. The Morgan fingerprint density at radius 2 is 2.12 bits per heavy atom. The lowest BCUT2D eigenvalue weighted by atomic mass is 10.1. The van der Waals surface area contributed by atoms with Gasteiger partial charge in [0.15, 0.2) is 0 Å². The van der Waals surface area contributed by atoms with Gasteiger partial charge < -0.3 is 5.73 Å². The molecule has 2 nitrogen and oxygen atoms in total. The normalized spacial score (nSPS) is 11.8. The third-order valence-corrected chi connectivity index (χ3v) is 1.14. The molecule has 3 N–H and O–H groups in total. The minimum atomic E-state index is 0. The molecular weight excluding hydrogens is 124 g/mol. The molecule has 0 rings (SSSR count). The summed E-state index contributed by atoms with van der Waals surface area (Å²) in [5.74, 6) is 0.558. The number of hydrogen-bond acceptors (Lipinski definition) is 1. The van der Waals surface area contributed by atoms with E-state index in [1.807, 2.05) is 13.8 Å². The van der Waals surface area contributed by atoms with Crippen molar-refractivity contribution in [2.45, 2.75) is 20.3 Å². The van der Waals surface area contributed by atoms with E-state index in [0.29, 0.717) is 5.84 Å². The Kier molecular flexibility index (Phi) is 6.56. The van der Waals surface area contributed by atoms with Crippen molar-refractivity contribution in [1.29, 1.82) is 5.41 Å². The maximum atomic E-state index is 6.88. The van der Waals surface area contributed by atoms with E-state index in [1.54, 1.807) is 0 Å². The van der Waals surface area contributed by atoms with E-state index in [-0.39, 0.29) is 18.3 Å². The maximum absolute atomic E-state index is 6.88. The molecule has 0 saturated heterocycles. The first kappa shape index (κ1) is 10.7. The van der Waals surface area contributed by atoms with Gasteiger partial charge in [0.05, 0.1) is 5.84 Å². The Labute approximate surface area is 56.4 Å². The van der Waals surface area contributed by atoms with Gasteiger partial charge in [0.25, 0.3) is 0 Å². The maximum Gasteiger partial charge on any atom is 0.0934 e. The van der Waals surface area contributed by atoms with Crippen molar-refractivity contribution in [3.8, 4) is 0 Å². The van der Waals surface area contributed by atoms with Crippen LogP contribution in [-0.4, -0.2) is 5.84 Å². The number of nitrogens with two attached hydrogens (primary N) is 1. The van der Waals surface area contributed by atoms with Crippen molar-refractivity contribution in [1.82, 2.24) is 0 Å². The summed E-state index contributed by atoms with van der Waals surface area (Å²) in [5.41, 5.74) is 5.13. The quantitative estimate of drug-likeness (QED) is 0.438. The molecule has 0 aliphatic rings. The molecule has 8 heavy (non-hydrogen) atoms. The Hall–Kier alpha value is -0.240. The van der Waals surface area contributed by atoms with Crippen LogP contribution in [0, 0.1) is 11.3 Å². The van der Waals surface area contributed by atoms with E-state index in [1.165, 1.54) is 0 Å². The molecular formula is C5H13ClN2. The van der Waals surface area contributed by atoms with Crippen LogP contribution in [0.3, 0.4) is 0 Å². The first-order valence-electron chi connectivity index (χ1n) is 2.52. The molecule has 0 saturated carbocycles. The van der Waals surface area contributed by atoms with Gasteiger partial charge in [-0.2, -0.15) is 0 Å². The van der Waals surface area contributed by atoms with Gasteiger partial charge in [0.1, 0.15) is 0 Å². The van der Waals surface area contributed by atoms with Crippen molar-refractivity contribution in [2.75, 3.05) is 0 Å². The Morgan fingerprint density at radius 3 is 2.12 bits per heavy atom. The zero-order valence-corrected chi connectivity index (χ0v) is 6.09. The van der Waals surface area contributed by atoms with Crippen molar-refractivity contribution in [3.63, 3.8) is 0 Å². The average molecular weight is 137 g/mol.